The van der Waals surface area contributed by atoms with Crippen LogP contribution in [0.1, 0.15) is 43.5 Å². The average molecular weight is 356 g/mol. The summed E-state index contributed by atoms with van der Waals surface area (Å²) in [7, 11) is 0. The van der Waals surface area contributed by atoms with Crippen LogP contribution < -0.4 is 5.69 Å². The number of nitrogens with zero attached hydrogens (tertiary/aromatic N) is 2. The van der Waals surface area contributed by atoms with E-state index in [1.165, 1.54) is 19.4 Å². The maximum absolute atomic E-state index is 13.1. The van der Waals surface area contributed by atoms with Crippen LogP contribution in [0.4, 0.5) is 0 Å². The van der Waals surface area contributed by atoms with Crippen LogP contribution in [0.15, 0.2) is 23.0 Å². The molecule has 1 atom stereocenters. The van der Waals surface area contributed by atoms with E-state index in [1.54, 1.807) is 12.1 Å². The number of hydrogen-bond donors (Lipinski definition) is 2. The number of aromatic nitrogens is 2. The van der Waals surface area contributed by atoms with Gasteiger partial charge in [0.05, 0.1) is 11.0 Å². The molecule has 2 aliphatic rings. The Morgan fingerprint density at radius 2 is 1.96 bits per heavy atom. The Hall–Kier alpha value is -2.08. The Labute approximate surface area is 153 Å². The first-order valence-corrected chi connectivity index (χ1v) is 9.76. The molecule has 1 aliphatic heterocycles. The number of imidazole rings is 1. The second-order valence-corrected chi connectivity index (χ2v) is 8.19. The highest BCUT2D eigenvalue weighted by molar-refractivity contribution is 5.97. The van der Waals surface area contributed by atoms with E-state index in [0.717, 1.165) is 37.5 Å². The Balaban J connectivity index is 1.54. The number of rotatable bonds is 4. The standard InChI is InChI=1S/C20H28N4O2/c1-13(2)18-12-24(9-3-8-23(18)11-14-4-5-14)19(25)15-6-7-16-17(10-15)22-20(26)21-16/h6-7,10,13-14,18H,3-5,8-9,11-12H2,1-2H3,(H2,21,22,26). The molecular weight excluding hydrogens is 328 g/mol. The number of carbonyl (C=O) groups is 1. The third-order valence-corrected chi connectivity index (χ3v) is 5.76. The zero-order valence-corrected chi connectivity index (χ0v) is 15.6. The fourth-order valence-corrected chi connectivity index (χ4v) is 4.09. The molecule has 140 valence electrons. The molecule has 6 heteroatoms. The van der Waals surface area contributed by atoms with E-state index in [-0.39, 0.29) is 11.6 Å². The maximum atomic E-state index is 13.1. The lowest BCUT2D eigenvalue weighted by Gasteiger charge is -2.34. The molecule has 1 aliphatic carbocycles. The van der Waals surface area contributed by atoms with Crippen LogP contribution in [0.25, 0.3) is 11.0 Å². The van der Waals surface area contributed by atoms with Crippen LogP contribution in [0, 0.1) is 11.8 Å². The topological polar surface area (TPSA) is 72.2 Å². The smallest absolute Gasteiger partial charge is 0.323 e. The van der Waals surface area contributed by atoms with Crippen LogP contribution in [0.3, 0.4) is 0 Å². The van der Waals surface area contributed by atoms with Crippen LogP contribution in [-0.2, 0) is 0 Å². The van der Waals surface area contributed by atoms with Crippen molar-refractivity contribution in [1.29, 1.82) is 0 Å². The van der Waals surface area contributed by atoms with E-state index in [2.05, 4.69) is 28.7 Å². The molecule has 1 aromatic heterocycles. The molecular formula is C20H28N4O2. The maximum Gasteiger partial charge on any atom is 0.323 e. The van der Waals surface area contributed by atoms with E-state index in [9.17, 15) is 9.59 Å². The summed E-state index contributed by atoms with van der Waals surface area (Å²) in [6, 6.07) is 5.81. The van der Waals surface area contributed by atoms with E-state index >= 15 is 0 Å². The van der Waals surface area contributed by atoms with Gasteiger partial charge in [0.1, 0.15) is 0 Å². The van der Waals surface area contributed by atoms with Crippen LogP contribution in [-0.4, -0.2) is 57.9 Å². The Bertz CT molecular complexity index is 849. The first kappa shape index (κ1) is 17.3. The Morgan fingerprint density at radius 3 is 2.69 bits per heavy atom. The molecule has 6 nitrogen and oxygen atoms in total. The predicted octanol–water partition coefficient (Wildman–Crippen LogP) is 2.44. The van der Waals surface area contributed by atoms with Crippen molar-refractivity contribution in [2.24, 2.45) is 11.8 Å². The molecule has 2 fully saturated rings. The van der Waals surface area contributed by atoms with Gasteiger partial charge in [0.25, 0.3) is 5.91 Å². The minimum Gasteiger partial charge on any atom is -0.337 e. The van der Waals surface area contributed by atoms with Crippen molar-refractivity contribution >= 4 is 16.9 Å². The van der Waals surface area contributed by atoms with Gasteiger partial charge in [-0.05, 0) is 49.3 Å². The number of H-pyrrole nitrogens is 2. The van der Waals surface area contributed by atoms with Gasteiger partial charge in [-0.2, -0.15) is 0 Å². The normalized spacial score (nSPS) is 22.1. The summed E-state index contributed by atoms with van der Waals surface area (Å²) in [5, 5.41) is 0. The molecule has 1 saturated heterocycles. The molecule has 1 aromatic carbocycles. The molecule has 26 heavy (non-hydrogen) atoms. The third kappa shape index (κ3) is 3.56. The second kappa shape index (κ2) is 6.91. The quantitative estimate of drug-likeness (QED) is 0.884. The summed E-state index contributed by atoms with van der Waals surface area (Å²) in [6.07, 6.45) is 3.74. The van der Waals surface area contributed by atoms with E-state index in [4.69, 9.17) is 0 Å². The Morgan fingerprint density at radius 1 is 1.19 bits per heavy atom. The highest BCUT2D eigenvalue weighted by Crippen LogP contribution is 2.32. The van der Waals surface area contributed by atoms with Gasteiger partial charge in [-0.3, -0.25) is 9.69 Å². The molecule has 0 radical (unpaired) electrons. The highest BCUT2D eigenvalue weighted by Gasteiger charge is 2.33. The molecule has 4 rings (SSSR count). The minimum absolute atomic E-state index is 0.0628. The number of amides is 1. The summed E-state index contributed by atoms with van der Waals surface area (Å²) < 4.78 is 0. The molecule has 0 spiro atoms. The number of carbonyl (C=O) groups excluding carboxylic acids is 1. The molecule has 2 heterocycles. The van der Waals surface area contributed by atoms with Crippen molar-refractivity contribution < 1.29 is 4.79 Å². The summed E-state index contributed by atoms with van der Waals surface area (Å²) >= 11 is 0. The summed E-state index contributed by atoms with van der Waals surface area (Å²) in [5.41, 5.74) is 1.82. The number of fused-ring (bicyclic) bond motifs is 1. The Kier molecular flexibility index (Phi) is 4.61. The lowest BCUT2D eigenvalue weighted by Crippen LogP contribution is -2.46. The SMILES string of the molecule is CC(C)C1CN(C(=O)c2ccc3[nH]c(=O)[nH]c3c2)CCCN1CC1CC1. The lowest BCUT2D eigenvalue weighted by molar-refractivity contribution is 0.0704. The fraction of sp³-hybridized carbons (Fsp3) is 0.600. The van der Waals surface area contributed by atoms with Crippen molar-refractivity contribution in [2.45, 2.75) is 39.2 Å². The number of nitrogens with one attached hydrogen (secondary N) is 2. The number of benzene rings is 1. The van der Waals surface area contributed by atoms with Crippen LogP contribution >= 0.6 is 0 Å². The molecule has 2 N–H and O–H groups in total. The van der Waals surface area contributed by atoms with Crippen LogP contribution in [0.5, 0.6) is 0 Å². The number of aromatic amines is 2. The van der Waals surface area contributed by atoms with Crippen molar-refractivity contribution in [3.8, 4) is 0 Å². The molecule has 0 bridgehead atoms. The highest BCUT2D eigenvalue weighted by atomic mass is 16.2. The molecule has 1 amide bonds. The first-order valence-electron chi connectivity index (χ1n) is 9.76. The summed E-state index contributed by atoms with van der Waals surface area (Å²) in [4.78, 5) is 34.7. The van der Waals surface area contributed by atoms with Crippen molar-refractivity contribution in [2.75, 3.05) is 26.2 Å². The van der Waals surface area contributed by atoms with Gasteiger partial charge in [0.2, 0.25) is 0 Å². The van der Waals surface area contributed by atoms with Gasteiger partial charge in [0.15, 0.2) is 0 Å². The zero-order chi connectivity index (χ0) is 18.3. The summed E-state index contributed by atoms with van der Waals surface area (Å²) in [6.45, 7) is 8.36. The van der Waals surface area contributed by atoms with Crippen molar-refractivity contribution in [3.63, 3.8) is 0 Å². The average Bonchev–Trinajstić information content (AvgIpc) is 3.37. The summed E-state index contributed by atoms with van der Waals surface area (Å²) in [5.74, 6) is 1.45. The number of hydrogen-bond acceptors (Lipinski definition) is 3. The van der Waals surface area contributed by atoms with Gasteiger partial charge in [-0.25, -0.2) is 4.79 Å². The molecule has 2 aromatic rings. The monoisotopic (exact) mass is 356 g/mol. The lowest BCUT2D eigenvalue weighted by atomic mass is 10.0. The van der Waals surface area contributed by atoms with E-state index < -0.39 is 0 Å². The predicted molar refractivity (Wildman–Crippen MR) is 102 cm³/mol. The van der Waals surface area contributed by atoms with Gasteiger partial charge < -0.3 is 14.9 Å². The zero-order valence-electron chi connectivity index (χ0n) is 15.6. The molecule has 1 saturated carbocycles. The van der Waals surface area contributed by atoms with Crippen LogP contribution in [0.2, 0.25) is 0 Å². The largest absolute Gasteiger partial charge is 0.337 e. The van der Waals surface area contributed by atoms with E-state index in [1.807, 2.05) is 11.0 Å². The third-order valence-electron chi connectivity index (χ3n) is 5.76. The van der Waals surface area contributed by atoms with Crippen molar-refractivity contribution in [3.05, 3.63) is 34.2 Å². The van der Waals surface area contributed by atoms with E-state index in [0.29, 0.717) is 23.0 Å². The van der Waals surface area contributed by atoms with Gasteiger partial charge in [-0.1, -0.05) is 13.8 Å². The first-order chi connectivity index (χ1) is 12.5. The molecule has 1 unspecified atom stereocenters. The second-order valence-electron chi connectivity index (χ2n) is 8.19. The van der Waals surface area contributed by atoms with Crippen molar-refractivity contribution in [1.82, 2.24) is 19.8 Å². The fourth-order valence-electron chi connectivity index (χ4n) is 4.09. The van der Waals surface area contributed by atoms with Gasteiger partial charge in [0, 0.05) is 37.8 Å². The van der Waals surface area contributed by atoms with Gasteiger partial charge in [-0.15, -0.1) is 0 Å². The van der Waals surface area contributed by atoms with Gasteiger partial charge >= 0.3 is 5.69 Å². The minimum atomic E-state index is -0.241.